The SMILES string of the molecule is CC1CN(c2cc(N)ns2)C(C)CO1. The Kier molecular flexibility index (Phi) is 2.60. The van der Waals surface area contributed by atoms with Crippen molar-refractivity contribution in [3.63, 3.8) is 0 Å². The molecule has 0 aliphatic carbocycles. The first-order valence-electron chi connectivity index (χ1n) is 4.77. The van der Waals surface area contributed by atoms with E-state index in [0.29, 0.717) is 11.9 Å². The zero-order valence-corrected chi connectivity index (χ0v) is 9.25. The molecule has 0 radical (unpaired) electrons. The highest BCUT2D eigenvalue weighted by Crippen LogP contribution is 2.27. The summed E-state index contributed by atoms with van der Waals surface area (Å²) >= 11 is 1.46. The summed E-state index contributed by atoms with van der Waals surface area (Å²) in [7, 11) is 0. The fourth-order valence-corrected chi connectivity index (χ4v) is 2.41. The van der Waals surface area contributed by atoms with Crippen LogP contribution in [0.2, 0.25) is 0 Å². The number of ether oxygens (including phenoxy) is 1. The average molecular weight is 213 g/mol. The van der Waals surface area contributed by atoms with Crippen molar-refractivity contribution in [1.29, 1.82) is 0 Å². The van der Waals surface area contributed by atoms with Gasteiger partial charge in [-0.15, -0.1) is 0 Å². The summed E-state index contributed by atoms with van der Waals surface area (Å²) in [6.07, 6.45) is 0.287. The van der Waals surface area contributed by atoms with Gasteiger partial charge in [0.15, 0.2) is 0 Å². The van der Waals surface area contributed by atoms with Crippen molar-refractivity contribution < 1.29 is 4.74 Å². The number of nitrogen functional groups attached to an aromatic ring is 1. The number of anilines is 2. The first-order valence-corrected chi connectivity index (χ1v) is 5.54. The normalized spacial score (nSPS) is 28.0. The highest BCUT2D eigenvalue weighted by Gasteiger charge is 2.24. The minimum atomic E-state index is 0.287. The van der Waals surface area contributed by atoms with Crippen LogP contribution in [-0.2, 0) is 4.74 Å². The summed E-state index contributed by atoms with van der Waals surface area (Å²) in [6.45, 7) is 5.94. The van der Waals surface area contributed by atoms with Crippen LogP contribution in [0, 0.1) is 0 Å². The lowest BCUT2D eigenvalue weighted by molar-refractivity contribution is 0.0346. The predicted octanol–water partition coefficient (Wildman–Crippen LogP) is 1.34. The van der Waals surface area contributed by atoms with Crippen molar-refractivity contribution in [2.45, 2.75) is 26.0 Å². The highest BCUT2D eigenvalue weighted by atomic mass is 32.1. The van der Waals surface area contributed by atoms with E-state index in [2.05, 4.69) is 23.1 Å². The molecule has 1 aliphatic heterocycles. The van der Waals surface area contributed by atoms with Crippen LogP contribution in [0.4, 0.5) is 10.8 Å². The van der Waals surface area contributed by atoms with Gasteiger partial charge in [-0.1, -0.05) is 0 Å². The largest absolute Gasteiger partial charge is 0.383 e. The molecule has 1 fully saturated rings. The molecule has 4 nitrogen and oxygen atoms in total. The van der Waals surface area contributed by atoms with Crippen LogP contribution in [0.15, 0.2) is 6.07 Å². The van der Waals surface area contributed by atoms with Gasteiger partial charge >= 0.3 is 0 Å². The Morgan fingerprint density at radius 3 is 3.07 bits per heavy atom. The van der Waals surface area contributed by atoms with Crippen LogP contribution in [0.5, 0.6) is 0 Å². The Morgan fingerprint density at radius 2 is 2.43 bits per heavy atom. The third-order valence-electron chi connectivity index (χ3n) is 2.41. The molecule has 5 heteroatoms. The highest BCUT2D eigenvalue weighted by molar-refractivity contribution is 7.10. The number of rotatable bonds is 1. The monoisotopic (exact) mass is 213 g/mol. The molecule has 1 aromatic rings. The van der Waals surface area contributed by atoms with Gasteiger partial charge < -0.3 is 15.4 Å². The van der Waals surface area contributed by atoms with Crippen LogP contribution in [0.3, 0.4) is 0 Å². The molecule has 2 N–H and O–H groups in total. The molecule has 0 bridgehead atoms. The van der Waals surface area contributed by atoms with Crippen molar-refractivity contribution in [2.24, 2.45) is 0 Å². The van der Waals surface area contributed by atoms with Gasteiger partial charge in [0, 0.05) is 12.6 Å². The van der Waals surface area contributed by atoms with E-state index in [1.54, 1.807) is 0 Å². The maximum atomic E-state index is 5.61. The van der Waals surface area contributed by atoms with Gasteiger partial charge in [-0.25, -0.2) is 0 Å². The summed E-state index contributed by atoms with van der Waals surface area (Å²) in [5.74, 6) is 0.608. The number of hydrogen-bond donors (Lipinski definition) is 1. The molecule has 14 heavy (non-hydrogen) atoms. The van der Waals surface area contributed by atoms with Crippen molar-refractivity contribution in [3.05, 3.63) is 6.07 Å². The number of hydrogen-bond acceptors (Lipinski definition) is 5. The molecule has 0 spiro atoms. The van der Waals surface area contributed by atoms with Gasteiger partial charge in [-0.3, -0.25) is 0 Å². The zero-order valence-electron chi connectivity index (χ0n) is 8.43. The molecule has 2 heterocycles. The molecule has 1 aliphatic rings. The smallest absolute Gasteiger partial charge is 0.139 e. The third-order valence-corrected chi connectivity index (χ3v) is 3.25. The summed E-state index contributed by atoms with van der Waals surface area (Å²) in [5, 5.41) is 1.14. The summed E-state index contributed by atoms with van der Waals surface area (Å²) in [5.41, 5.74) is 5.61. The lowest BCUT2D eigenvalue weighted by atomic mass is 10.2. The van der Waals surface area contributed by atoms with Crippen LogP contribution < -0.4 is 10.6 Å². The Morgan fingerprint density at radius 1 is 1.64 bits per heavy atom. The van der Waals surface area contributed by atoms with E-state index in [4.69, 9.17) is 10.5 Å². The lowest BCUT2D eigenvalue weighted by Crippen LogP contribution is -2.47. The van der Waals surface area contributed by atoms with Crippen molar-refractivity contribution in [3.8, 4) is 0 Å². The van der Waals surface area contributed by atoms with E-state index in [9.17, 15) is 0 Å². The number of nitrogens with zero attached hydrogens (tertiary/aromatic N) is 2. The summed E-state index contributed by atoms with van der Waals surface area (Å²) < 4.78 is 9.65. The lowest BCUT2D eigenvalue weighted by Gasteiger charge is -2.37. The van der Waals surface area contributed by atoms with E-state index >= 15 is 0 Å². The van der Waals surface area contributed by atoms with Crippen LogP contribution >= 0.6 is 11.5 Å². The van der Waals surface area contributed by atoms with E-state index in [-0.39, 0.29) is 6.10 Å². The second-order valence-corrected chi connectivity index (χ2v) is 4.52. The maximum absolute atomic E-state index is 5.61. The predicted molar refractivity (Wildman–Crippen MR) is 58.7 cm³/mol. The van der Waals surface area contributed by atoms with Gasteiger partial charge in [0.25, 0.3) is 0 Å². The molecular formula is C9H15N3OS. The van der Waals surface area contributed by atoms with Crippen molar-refractivity contribution in [1.82, 2.24) is 4.37 Å². The van der Waals surface area contributed by atoms with Crippen LogP contribution in [-0.4, -0.2) is 29.7 Å². The van der Waals surface area contributed by atoms with Gasteiger partial charge in [-0.05, 0) is 25.4 Å². The molecule has 1 saturated heterocycles. The Labute approximate surface area is 87.8 Å². The molecule has 78 valence electrons. The molecular weight excluding hydrogens is 198 g/mol. The van der Waals surface area contributed by atoms with E-state index in [1.165, 1.54) is 11.5 Å². The molecule has 0 amide bonds. The second-order valence-electron chi connectivity index (χ2n) is 3.74. The fourth-order valence-electron chi connectivity index (χ4n) is 1.62. The van der Waals surface area contributed by atoms with Gasteiger partial charge in [0.1, 0.15) is 10.8 Å². The molecule has 0 saturated carbocycles. The van der Waals surface area contributed by atoms with Gasteiger partial charge in [0.05, 0.1) is 18.8 Å². The average Bonchev–Trinajstić information content (AvgIpc) is 2.56. The second kappa shape index (κ2) is 3.74. The first-order chi connectivity index (χ1) is 6.66. The van der Waals surface area contributed by atoms with E-state index < -0.39 is 0 Å². The van der Waals surface area contributed by atoms with E-state index in [1.807, 2.05) is 6.07 Å². The minimum absolute atomic E-state index is 0.287. The molecule has 2 unspecified atom stereocenters. The first kappa shape index (κ1) is 9.73. The quantitative estimate of drug-likeness (QED) is 0.765. The van der Waals surface area contributed by atoms with Crippen LogP contribution in [0.1, 0.15) is 13.8 Å². The third kappa shape index (κ3) is 1.83. The van der Waals surface area contributed by atoms with Gasteiger partial charge in [0.2, 0.25) is 0 Å². The molecule has 1 aromatic heterocycles. The minimum Gasteiger partial charge on any atom is -0.383 e. The standard InChI is InChI=1S/C9H15N3OS/c1-6-5-13-7(2)4-12(6)9-3-8(10)11-14-9/h3,6-7H,4-5H2,1-2H3,(H2,10,11). The van der Waals surface area contributed by atoms with Crippen molar-refractivity contribution >= 4 is 22.4 Å². The maximum Gasteiger partial charge on any atom is 0.139 e. The zero-order chi connectivity index (χ0) is 10.1. The molecule has 2 atom stereocenters. The van der Waals surface area contributed by atoms with Gasteiger partial charge in [-0.2, -0.15) is 4.37 Å². The number of aromatic nitrogens is 1. The number of morpholine rings is 1. The molecule has 2 rings (SSSR count). The van der Waals surface area contributed by atoms with Crippen molar-refractivity contribution in [2.75, 3.05) is 23.8 Å². The Balaban J connectivity index is 2.15. The van der Waals surface area contributed by atoms with Crippen LogP contribution in [0.25, 0.3) is 0 Å². The fraction of sp³-hybridized carbons (Fsp3) is 0.667. The topological polar surface area (TPSA) is 51.4 Å². The summed E-state index contributed by atoms with van der Waals surface area (Å²) in [6, 6.07) is 2.34. The number of nitrogens with two attached hydrogens (primary N) is 1. The molecule has 0 aromatic carbocycles. The van der Waals surface area contributed by atoms with E-state index in [0.717, 1.165) is 18.2 Å². The Hall–Kier alpha value is -0.810. The Bertz CT molecular complexity index is 315. The summed E-state index contributed by atoms with van der Waals surface area (Å²) in [4.78, 5) is 2.31.